The van der Waals surface area contributed by atoms with Crippen LogP contribution in [0, 0.1) is 0 Å². The van der Waals surface area contributed by atoms with E-state index in [1.165, 1.54) is 128 Å². The van der Waals surface area contributed by atoms with Crippen LogP contribution < -0.4 is 4.89 Å². The molecule has 0 aliphatic carbocycles. The summed E-state index contributed by atoms with van der Waals surface area (Å²) in [6, 6.07) is 0. The molecule has 0 aromatic carbocycles. The Morgan fingerprint density at radius 2 is 0.919 bits per heavy atom. The second kappa shape index (κ2) is 44.2. The first kappa shape index (κ1) is 60.0. The van der Waals surface area contributed by atoms with Gasteiger partial charge in [0.05, 0.1) is 27.7 Å². The largest absolute Gasteiger partial charge is 0.756 e. The minimum atomic E-state index is -4.64. The number of rotatable bonds is 46. The van der Waals surface area contributed by atoms with Crippen molar-refractivity contribution >= 4 is 19.8 Å². The number of carbonyl (C=O) groups is 2. The number of quaternary nitrogens is 1. The summed E-state index contributed by atoms with van der Waals surface area (Å²) in [6.45, 7) is 4.09. The number of esters is 2. The Labute approximate surface area is 382 Å². The van der Waals surface area contributed by atoms with Gasteiger partial charge >= 0.3 is 11.9 Å². The third kappa shape index (κ3) is 47.4. The van der Waals surface area contributed by atoms with Crippen molar-refractivity contribution in [3.63, 3.8) is 0 Å². The van der Waals surface area contributed by atoms with E-state index in [0.717, 1.165) is 57.8 Å². The molecule has 2 atom stereocenters. The van der Waals surface area contributed by atoms with Crippen LogP contribution in [0.2, 0.25) is 0 Å². The molecule has 0 aromatic rings. The van der Waals surface area contributed by atoms with Gasteiger partial charge in [-0.25, -0.2) is 0 Å². The van der Waals surface area contributed by atoms with Crippen molar-refractivity contribution < 1.29 is 42.1 Å². The highest BCUT2D eigenvalue weighted by atomic mass is 31.2. The van der Waals surface area contributed by atoms with E-state index >= 15 is 0 Å². The van der Waals surface area contributed by atoms with Crippen LogP contribution in [0.5, 0.6) is 0 Å². The third-order valence-corrected chi connectivity index (χ3v) is 11.8. The van der Waals surface area contributed by atoms with E-state index in [9.17, 15) is 19.0 Å². The molecular weight excluding hydrogens is 798 g/mol. The summed E-state index contributed by atoms with van der Waals surface area (Å²) in [7, 11) is 1.14. The van der Waals surface area contributed by atoms with Crippen LogP contribution in [-0.4, -0.2) is 70.0 Å². The van der Waals surface area contributed by atoms with Gasteiger partial charge in [0.1, 0.15) is 19.8 Å². The highest BCUT2D eigenvalue weighted by molar-refractivity contribution is 7.45. The highest BCUT2D eigenvalue weighted by Crippen LogP contribution is 2.38. The Kier molecular flexibility index (Phi) is 42.7. The third-order valence-electron chi connectivity index (χ3n) is 10.9. The maximum absolute atomic E-state index is 12.7. The maximum atomic E-state index is 12.7. The van der Waals surface area contributed by atoms with Crippen LogP contribution >= 0.6 is 7.82 Å². The molecule has 0 spiro atoms. The van der Waals surface area contributed by atoms with Crippen LogP contribution in [0.15, 0.2) is 48.6 Å². The van der Waals surface area contributed by atoms with Crippen molar-refractivity contribution in [2.24, 2.45) is 0 Å². The molecule has 0 bridgehead atoms. The van der Waals surface area contributed by atoms with E-state index in [1.54, 1.807) is 0 Å². The summed E-state index contributed by atoms with van der Waals surface area (Å²) >= 11 is 0. The molecule has 0 aromatic heterocycles. The number of carbonyl (C=O) groups excluding carboxylic acids is 2. The van der Waals surface area contributed by atoms with E-state index in [-0.39, 0.29) is 26.1 Å². The van der Waals surface area contributed by atoms with Gasteiger partial charge in [0, 0.05) is 12.8 Å². The van der Waals surface area contributed by atoms with Crippen molar-refractivity contribution in [1.29, 1.82) is 0 Å². The number of hydrogen-bond donors (Lipinski definition) is 0. The van der Waals surface area contributed by atoms with Crippen LogP contribution in [0.3, 0.4) is 0 Å². The number of nitrogens with zero attached hydrogens (tertiary/aromatic N) is 1. The second-order valence-corrected chi connectivity index (χ2v) is 19.6. The zero-order valence-corrected chi connectivity index (χ0v) is 41.7. The van der Waals surface area contributed by atoms with Crippen LogP contribution in [-0.2, 0) is 32.7 Å². The molecular formula is C52H96NO8P. The van der Waals surface area contributed by atoms with Crippen molar-refractivity contribution in [3.05, 3.63) is 48.6 Å². The lowest BCUT2D eigenvalue weighted by Gasteiger charge is -2.28. The van der Waals surface area contributed by atoms with Gasteiger partial charge in [0.2, 0.25) is 0 Å². The van der Waals surface area contributed by atoms with Crippen LogP contribution in [0.25, 0.3) is 0 Å². The first-order valence-electron chi connectivity index (χ1n) is 25.3. The quantitative estimate of drug-likeness (QED) is 0.0195. The molecule has 0 fully saturated rings. The predicted molar refractivity (Wildman–Crippen MR) is 259 cm³/mol. The summed E-state index contributed by atoms with van der Waals surface area (Å²) in [5.74, 6) is -0.877. The molecule has 0 amide bonds. The first-order chi connectivity index (χ1) is 30.0. The average molecular weight is 894 g/mol. The number of allylic oxidation sites excluding steroid dienone is 8. The summed E-state index contributed by atoms with van der Waals surface area (Å²) in [5.41, 5.74) is 0. The summed E-state index contributed by atoms with van der Waals surface area (Å²) in [6.07, 6.45) is 53.0. The Hall–Kier alpha value is -2.03. The molecule has 0 aliphatic heterocycles. The lowest BCUT2D eigenvalue weighted by atomic mass is 10.0. The SMILES string of the molecule is CC/C=C/C/C=C/C/C=C/C/C=C/CCCCC(=O)O[C@@H](COC(=O)CCCCCCCCCCCCCCCCCCCCCCCCC)COP(=O)([O-])OCC[N+](C)(C)C. The Bertz CT molecular complexity index is 1190. The van der Waals surface area contributed by atoms with Gasteiger partial charge in [0.25, 0.3) is 7.82 Å². The van der Waals surface area contributed by atoms with Gasteiger partial charge in [-0.15, -0.1) is 0 Å². The van der Waals surface area contributed by atoms with Crippen molar-refractivity contribution in [1.82, 2.24) is 0 Å². The van der Waals surface area contributed by atoms with E-state index < -0.39 is 32.5 Å². The topological polar surface area (TPSA) is 111 Å². The second-order valence-electron chi connectivity index (χ2n) is 18.2. The fourth-order valence-corrected chi connectivity index (χ4v) is 7.67. The van der Waals surface area contributed by atoms with Gasteiger partial charge in [0.15, 0.2) is 6.10 Å². The molecule has 0 saturated carbocycles. The van der Waals surface area contributed by atoms with Crippen LogP contribution in [0.1, 0.15) is 219 Å². The number of phosphoric acid groups is 1. The van der Waals surface area contributed by atoms with E-state index in [4.69, 9.17) is 18.5 Å². The van der Waals surface area contributed by atoms with Crippen molar-refractivity contribution in [3.8, 4) is 0 Å². The summed E-state index contributed by atoms with van der Waals surface area (Å²) < 4.78 is 34.0. The number of phosphoric ester groups is 1. The van der Waals surface area contributed by atoms with E-state index in [0.29, 0.717) is 17.4 Å². The fraction of sp³-hybridized carbons (Fsp3) is 0.808. The molecule has 362 valence electrons. The zero-order valence-electron chi connectivity index (χ0n) is 40.8. The molecule has 9 nitrogen and oxygen atoms in total. The molecule has 0 rings (SSSR count). The fourth-order valence-electron chi connectivity index (χ4n) is 6.94. The number of hydrogen-bond acceptors (Lipinski definition) is 8. The van der Waals surface area contributed by atoms with Crippen molar-refractivity contribution in [2.75, 3.05) is 47.5 Å². The maximum Gasteiger partial charge on any atom is 0.306 e. The van der Waals surface area contributed by atoms with Gasteiger partial charge in [-0.1, -0.05) is 204 Å². The molecule has 0 saturated heterocycles. The Morgan fingerprint density at radius 1 is 0.516 bits per heavy atom. The molecule has 0 N–H and O–H groups in total. The van der Waals surface area contributed by atoms with Crippen molar-refractivity contribution in [2.45, 2.75) is 225 Å². The average Bonchev–Trinajstić information content (AvgIpc) is 3.23. The molecule has 1 unspecified atom stereocenters. The van der Waals surface area contributed by atoms with Gasteiger partial charge in [-0.2, -0.15) is 0 Å². The lowest BCUT2D eigenvalue weighted by molar-refractivity contribution is -0.870. The minimum Gasteiger partial charge on any atom is -0.756 e. The standard InChI is InChI=1S/C52H96NO8P/c1-6-8-10-12-14-16-18-20-22-23-24-25-26-27-28-29-31-32-34-36-38-40-42-44-51(54)58-48-50(49-60-62(56,57)59-47-46-53(3,4)5)61-52(55)45-43-41-39-37-35-33-30-21-19-17-15-13-11-9-7-2/h9,11,15,17,21,30,35,37,50H,6-8,10,12-14,16,18-20,22-29,31-34,36,38-49H2,1-5H3/b11-9+,17-15+,30-21+,37-35+/t50-/m0/s1. The smallest absolute Gasteiger partial charge is 0.306 e. The van der Waals surface area contributed by atoms with E-state index in [1.807, 2.05) is 21.1 Å². The number of unbranched alkanes of at least 4 members (excludes halogenated alkanes) is 24. The van der Waals surface area contributed by atoms with Gasteiger partial charge in [-0.05, 0) is 51.4 Å². The zero-order chi connectivity index (χ0) is 45.7. The van der Waals surface area contributed by atoms with E-state index in [2.05, 4.69) is 62.5 Å². The normalized spacial score (nSPS) is 13.8. The van der Waals surface area contributed by atoms with Crippen LogP contribution in [0.4, 0.5) is 0 Å². The monoisotopic (exact) mass is 894 g/mol. The molecule has 0 aliphatic rings. The Morgan fingerprint density at radius 3 is 1.37 bits per heavy atom. The number of likely N-dealkylation sites (N-methyl/N-ethyl adjacent to an activating group) is 1. The molecule has 62 heavy (non-hydrogen) atoms. The Balaban J connectivity index is 4.22. The van der Waals surface area contributed by atoms with Gasteiger partial charge < -0.3 is 27.9 Å². The predicted octanol–water partition coefficient (Wildman–Crippen LogP) is 14.4. The summed E-state index contributed by atoms with van der Waals surface area (Å²) in [4.78, 5) is 37.6. The number of ether oxygens (including phenoxy) is 2. The highest BCUT2D eigenvalue weighted by Gasteiger charge is 2.21. The molecule has 0 heterocycles. The van der Waals surface area contributed by atoms with Gasteiger partial charge in [-0.3, -0.25) is 14.2 Å². The summed E-state index contributed by atoms with van der Waals surface area (Å²) in [5, 5.41) is 0. The molecule has 10 heteroatoms. The molecule has 0 radical (unpaired) electrons. The first-order valence-corrected chi connectivity index (χ1v) is 26.8. The lowest BCUT2D eigenvalue weighted by Crippen LogP contribution is -2.37. The minimum absolute atomic E-state index is 0.0391.